The van der Waals surface area contributed by atoms with Crippen LogP contribution in [0.25, 0.3) is 0 Å². The number of carbonyl (C=O) groups excluding carboxylic acids is 1. The van der Waals surface area contributed by atoms with Crippen LogP contribution in [-0.4, -0.2) is 37.6 Å². The third kappa shape index (κ3) is 3.52. The second-order valence-electron chi connectivity index (χ2n) is 5.05. The highest BCUT2D eigenvalue weighted by Gasteiger charge is 2.28. The van der Waals surface area contributed by atoms with E-state index in [0.717, 1.165) is 48.1 Å². The van der Waals surface area contributed by atoms with E-state index in [-0.39, 0.29) is 11.9 Å². The number of piperidine rings is 1. The van der Waals surface area contributed by atoms with Gasteiger partial charge < -0.3 is 10.1 Å². The van der Waals surface area contributed by atoms with Crippen molar-refractivity contribution in [1.29, 1.82) is 0 Å². The first-order chi connectivity index (χ1) is 9.65. The lowest BCUT2D eigenvalue weighted by molar-refractivity contribution is -0.127. The van der Waals surface area contributed by atoms with Crippen LogP contribution in [0.4, 0.5) is 0 Å². The van der Waals surface area contributed by atoms with E-state index in [1.165, 1.54) is 0 Å². The molecule has 1 N–H and O–H groups in total. The van der Waals surface area contributed by atoms with Crippen LogP contribution >= 0.6 is 15.9 Å². The van der Waals surface area contributed by atoms with Crippen LogP contribution in [0.15, 0.2) is 22.7 Å². The van der Waals surface area contributed by atoms with Crippen molar-refractivity contribution in [2.24, 2.45) is 0 Å². The first kappa shape index (κ1) is 15.3. The Morgan fingerprint density at radius 3 is 3.00 bits per heavy atom. The summed E-state index contributed by atoms with van der Waals surface area (Å²) >= 11 is 3.49. The quantitative estimate of drug-likeness (QED) is 0.915. The molecule has 0 aliphatic carbocycles. The molecular formula is C15H21BrN2O2. The third-order valence-electron chi connectivity index (χ3n) is 3.78. The highest BCUT2D eigenvalue weighted by Crippen LogP contribution is 2.27. The zero-order chi connectivity index (χ0) is 14.5. The fourth-order valence-electron chi connectivity index (χ4n) is 2.73. The number of halogens is 1. The van der Waals surface area contributed by atoms with E-state index in [4.69, 9.17) is 4.74 Å². The molecule has 0 saturated carbocycles. The first-order valence-electron chi connectivity index (χ1n) is 6.93. The largest absolute Gasteiger partial charge is 0.496 e. The zero-order valence-corrected chi connectivity index (χ0v) is 13.6. The smallest absolute Gasteiger partial charge is 0.237 e. The molecule has 1 aromatic carbocycles. The summed E-state index contributed by atoms with van der Waals surface area (Å²) in [5.41, 5.74) is 1.11. The Morgan fingerprint density at radius 2 is 2.30 bits per heavy atom. The van der Waals surface area contributed by atoms with Gasteiger partial charge in [0.1, 0.15) is 5.75 Å². The van der Waals surface area contributed by atoms with Gasteiger partial charge in [-0.05, 0) is 37.6 Å². The number of hydrogen-bond acceptors (Lipinski definition) is 3. The van der Waals surface area contributed by atoms with Gasteiger partial charge in [-0.3, -0.25) is 9.69 Å². The maximum Gasteiger partial charge on any atom is 0.237 e. The predicted octanol–water partition coefficient (Wildman–Crippen LogP) is 2.56. The molecule has 110 valence electrons. The molecule has 1 saturated heterocycles. The molecular weight excluding hydrogens is 320 g/mol. The van der Waals surface area contributed by atoms with Crippen molar-refractivity contribution in [3.63, 3.8) is 0 Å². The van der Waals surface area contributed by atoms with Gasteiger partial charge in [-0.25, -0.2) is 0 Å². The van der Waals surface area contributed by atoms with Gasteiger partial charge in [0.15, 0.2) is 0 Å². The summed E-state index contributed by atoms with van der Waals surface area (Å²) in [5, 5.41) is 2.77. The van der Waals surface area contributed by atoms with E-state index in [1.54, 1.807) is 14.2 Å². The Bertz CT molecular complexity index is 479. The topological polar surface area (TPSA) is 41.6 Å². The Kier molecular flexibility index (Phi) is 5.43. The number of amides is 1. The van der Waals surface area contributed by atoms with Gasteiger partial charge in [-0.15, -0.1) is 0 Å². The zero-order valence-electron chi connectivity index (χ0n) is 12.0. The molecule has 1 unspecified atom stereocenters. The number of carbonyl (C=O) groups is 1. The monoisotopic (exact) mass is 340 g/mol. The van der Waals surface area contributed by atoms with Gasteiger partial charge in [0.2, 0.25) is 5.91 Å². The number of likely N-dealkylation sites (N-methyl/N-ethyl adjacent to an activating group) is 1. The van der Waals surface area contributed by atoms with E-state index < -0.39 is 0 Å². The minimum Gasteiger partial charge on any atom is -0.496 e. The molecule has 1 fully saturated rings. The standard InChI is InChI=1S/C15H21BrN2O2/c1-17-15(19)13-5-3-4-8-18(13)10-11-9-12(16)6-7-14(11)20-2/h6-7,9,13H,3-5,8,10H2,1-2H3,(H,17,19). The normalized spacial score (nSPS) is 19.6. The van der Waals surface area contributed by atoms with Crippen molar-refractivity contribution in [3.8, 4) is 5.75 Å². The van der Waals surface area contributed by atoms with Crippen molar-refractivity contribution in [3.05, 3.63) is 28.2 Å². The van der Waals surface area contributed by atoms with Gasteiger partial charge in [0, 0.05) is 23.6 Å². The second kappa shape index (κ2) is 7.09. The average Bonchev–Trinajstić information content (AvgIpc) is 2.47. The van der Waals surface area contributed by atoms with E-state index in [1.807, 2.05) is 12.1 Å². The molecule has 0 radical (unpaired) electrons. The van der Waals surface area contributed by atoms with Crippen molar-refractivity contribution < 1.29 is 9.53 Å². The summed E-state index contributed by atoms with van der Waals surface area (Å²) < 4.78 is 6.45. The highest BCUT2D eigenvalue weighted by atomic mass is 79.9. The van der Waals surface area contributed by atoms with Crippen LogP contribution in [-0.2, 0) is 11.3 Å². The Labute approximate surface area is 128 Å². The number of ether oxygens (including phenoxy) is 1. The molecule has 1 atom stereocenters. The second-order valence-corrected chi connectivity index (χ2v) is 5.97. The SMILES string of the molecule is CNC(=O)C1CCCCN1Cc1cc(Br)ccc1OC. The van der Waals surface area contributed by atoms with Crippen molar-refractivity contribution in [2.75, 3.05) is 20.7 Å². The number of rotatable bonds is 4. The Hall–Kier alpha value is -1.07. The fourth-order valence-corrected chi connectivity index (χ4v) is 3.14. The van der Waals surface area contributed by atoms with E-state index in [0.29, 0.717) is 0 Å². The van der Waals surface area contributed by atoms with Crippen molar-refractivity contribution in [2.45, 2.75) is 31.8 Å². The lowest BCUT2D eigenvalue weighted by Crippen LogP contribution is -2.48. The number of hydrogen-bond donors (Lipinski definition) is 1. The molecule has 2 rings (SSSR count). The molecule has 1 aliphatic heterocycles. The van der Waals surface area contributed by atoms with Crippen LogP contribution in [0.1, 0.15) is 24.8 Å². The van der Waals surface area contributed by atoms with Gasteiger partial charge in [-0.1, -0.05) is 22.4 Å². The van der Waals surface area contributed by atoms with Gasteiger partial charge >= 0.3 is 0 Å². The third-order valence-corrected chi connectivity index (χ3v) is 4.27. The van der Waals surface area contributed by atoms with Crippen molar-refractivity contribution >= 4 is 21.8 Å². The number of nitrogens with one attached hydrogen (secondary N) is 1. The summed E-state index contributed by atoms with van der Waals surface area (Å²) in [6, 6.07) is 5.96. The van der Waals surface area contributed by atoms with E-state index in [2.05, 4.69) is 32.2 Å². The summed E-state index contributed by atoms with van der Waals surface area (Å²) in [6.45, 7) is 1.69. The molecule has 0 bridgehead atoms. The summed E-state index contributed by atoms with van der Waals surface area (Å²) in [5.74, 6) is 0.980. The molecule has 1 aromatic rings. The first-order valence-corrected chi connectivity index (χ1v) is 7.73. The van der Waals surface area contributed by atoms with Crippen LogP contribution in [0.5, 0.6) is 5.75 Å². The van der Waals surface area contributed by atoms with Crippen LogP contribution in [0, 0.1) is 0 Å². The Balaban J connectivity index is 2.18. The lowest BCUT2D eigenvalue weighted by Gasteiger charge is -2.34. The minimum atomic E-state index is -0.0302. The molecule has 20 heavy (non-hydrogen) atoms. The highest BCUT2D eigenvalue weighted by molar-refractivity contribution is 9.10. The van der Waals surface area contributed by atoms with Crippen LogP contribution < -0.4 is 10.1 Å². The van der Waals surface area contributed by atoms with Crippen LogP contribution in [0.2, 0.25) is 0 Å². The molecule has 0 aromatic heterocycles. The predicted molar refractivity (Wildman–Crippen MR) is 82.8 cm³/mol. The van der Waals surface area contributed by atoms with Gasteiger partial charge in [0.25, 0.3) is 0 Å². The molecule has 0 spiro atoms. The van der Waals surface area contributed by atoms with E-state index in [9.17, 15) is 4.79 Å². The van der Waals surface area contributed by atoms with E-state index >= 15 is 0 Å². The average molecular weight is 341 g/mol. The summed E-state index contributed by atoms with van der Waals surface area (Å²) in [7, 11) is 3.38. The molecule has 1 amide bonds. The van der Waals surface area contributed by atoms with Gasteiger partial charge in [0.05, 0.1) is 13.2 Å². The number of likely N-dealkylation sites (tertiary alicyclic amines) is 1. The molecule has 1 heterocycles. The number of benzene rings is 1. The molecule has 4 nitrogen and oxygen atoms in total. The van der Waals surface area contributed by atoms with Gasteiger partial charge in [-0.2, -0.15) is 0 Å². The lowest BCUT2D eigenvalue weighted by atomic mass is 10.0. The fraction of sp³-hybridized carbons (Fsp3) is 0.533. The Morgan fingerprint density at radius 1 is 1.50 bits per heavy atom. The van der Waals surface area contributed by atoms with Crippen molar-refractivity contribution in [1.82, 2.24) is 10.2 Å². The summed E-state index contributed by atoms with van der Waals surface area (Å²) in [6.07, 6.45) is 3.18. The maximum atomic E-state index is 12.0. The minimum absolute atomic E-state index is 0.0302. The maximum absolute atomic E-state index is 12.0. The summed E-state index contributed by atoms with van der Waals surface area (Å²) in [4.78, 5) is 14.2. The number of methoxy groups -OCH3 is 1. The molecule has 1 aliphatic rings. The molecule has 5 heteroatoms. The number of nitrogens with zero attached hydrogens (tertiary/aromatic N) is 1. The van der Waals surface area contributed by atoms with Crippen LogP contribution in [0.3, 0.4) is 0 Å².